The van der Waals surface area contributed by atoms with Crippen LogP contribution in [0.4, 0.5) is 4.39 Å². The van der Waals surface area contributed by atoms with Gasteiger partial charge in [0.1, 0.15) is 5.82 Å². The zero-order chi connectivity index (χ0) is 10.4. The average Bonchev–Trinajstić information content (AvgIpc) is 2.57. The van der Waals surface area contributed by atoms with Gasteiger partial charge in [0.25, 0.3) is 0 Å². The van der Waals surface area contributed by atoms with Crippen LogP contribution in [0.25, 0.3) is 11.1 Å². The highest BCUT2D eigenvalue weighted by atomic mass is 19.1. The minimum Gasteiger partial charge on any atom is -0.207 e. The quantitative estimate of drug-likeness (QED) is 0.516. The van der Waals surface area contributed by atoms with E-state index >= 15 is 0 Å². The number of benzene rings is 2. The van der Waals surface area contributed by atoms with Crippen molar-refractivity contribution in [1.82, 2.24) is 0 Å². The largest absolute Gasteiger partial charge is 0.207 e. The van der Waals surface area contributed by atoms with Crippen molar-refractivity contribution >= 4 is 0 Å². The van der Waals surface area contributed by atoms with E-state index in [4.69, 9.17) is 0 Å². The molecule has 1 aliphatic rings. The predicted octanol–water partition coefficient (Wildman–Crippen LogP) is 3.71. The molecule has 0 saturated carbocycles. The Bertz CT molecular complexity index is 541. The Kier molecular flexibility index (Phi) is 1.69. The number of hydrogen-bond acceptors (Lipinski definition) is 0. The van der Waals surface area contributed by atoms with Crippen LogP contribution >= 0.6 is 0 Å². The first-order chi connectivity index (χ1) is 7.25. The zero-order valence-electron chi connectivity index (χ0n) is 8.55. The molecule has 0 atom stereocenters. The molecule has 1 heteroatoms. The van der Waals surface area contributed by atoms with Gasteiger partial charge >= 0.3 is 0 Å². The maximum atomic E-state index is 13.6. The molecule has 0 nitrogen and oxygen atoms in total. The van der Waals surface area contributed by atoms with E-state index in [9.17, 15) is 4.39 Å². The topological polar surface area (TPSA) is 0 Å². The van der Waals surface area contributed by atoms with Crippen molar-refractivity contribution in [3.05, 3.63) is 58.9 Å². The monoisotopic (exact) mass is 198 g/mol. The Morgan fingerprint density at radius 2 is 1.93 bits per heavy atom. The van der Waals surface area contributed by atoms with Gasteiger partial charge in [-0.3, -0.25) is 0 Å². The molecule has 0 saturated heterocycles. The van der Waals surface area contributed by atoms with Crippen LogP contribution in [0.3, 0.4) is 0 Å². The maximum Gasteiger partial charge on any atom is 0.127 e. The third-order valence-electron chi connectivity index (χ3n) is 3.04. The molecule has 2 aromatic rings. The molecule has 0 amide bonds. The first-order valence-electron chi connectivity index (χ1n) is 5.13. The fourth-order valence-corrected chi connectivity index (χ4v) is 2.31. The lowest BCUT2D eigenvalue weighted by Crippen LogP contribution is -1.86. The van der Waals surface area contributed by atoms with Crippen LogP contribution in [0.1, 0.15) is 16.7 Å². The fourth-order valence-electron chi connectivity index (χ4n) is 2.31. The second-order valence-corrected chi connectivity index (χ2v) is 4.10. The molecule has 0 bridgehead atoms. The Balaban J connectivity index is 2.28. The lowest BCUT2D eigenvalue weighted by Gasteiger charge is -2.01. The van der Waals surface area contributed by atoms with E-state index in [1.807, 2.05) is 6.07 Å². The molecule has 0 spiro atoms. The molecule has 15 heavy (non-hydrogen) atoms. The van der Waals surface area contributed by atoms with Crippen LogP contribution < -0.4 is 0 Å². The van der Waals surface area contributed by atoms with Gasteiger partial charge in [-0.25, -0.2) is 4.39 Å². The summed E-state index contributed by atoms with van der Waals surface area (Å²) in [5.74, 6) is -0.0821. The van der Waals surface area contributed by atoms with Crippen molar-refractivity contribution in [2.45, 2.75) is 13.3 Å². The van der Waals surface area contributed by atoms with E-state index in [2.05, 4.69) is 25.1 Å². The number of rotatable bonds is 0. The van der Waals surface area contributed by atoms with E-state index in [0.717, 1.165) is 17.5 Å². The van der Waals surface area contributed by atoms with Gasteiger partial charge in [0.15, 0.2) is 0 Å². The van der Waals surface area contributed by atoms with Gasteiger partial charge in [0.05, 0.1) is 0 Å². The number of fused-ring (bicyclic) bond motifs is 3. The minimum absolute atomic E-state index is 0.0821. The molecule has 74 valence electrons. The molecule has 0 aliphatic heterocycles. The van der Waals surface area contributed by atoms with Gasteiger partial charge in [-0.1, -0.05) is 35.9 Å². The minimum atomic E-state index is -0.0821. The SMILES string of the molecule is Cc1ccc2c(c1)Cc1c(F)cccc1-2. The number of aryl methyl sites for hydroxylation is 1. The van der Waals surface area contributed by atoms with Crippen LogP contribution in [-0.2, 0) is 6.42 Å². The van der Waals surface area contributed by atoms with Crippen molar-refractivity contribution in [2.75, 3.05) is 0 Å². The Labute approximate surface area is 88.4 Å². The summed E-state index contributed by atoms with van der Waals surface area (Å²) < 4.78 is 13.6. The van der Waals surface area contributed by atoms with E-state index in [0.29, 0.717) is 0 Å². The molecular weight excluding hydrogens is 187 g/mol. The van der Waals surface area contributed by atoms with E-state index in [-0.39, 0.29) is 5.82 Å². The van der Waals surface area contributed by atoms with E-state index in [1.54, 1.807) is 6.07 Å². The summed E-state index contributed by atoms with van der Waals surface area (Å²) in [5, 5.41) is 0. The standard InChI is InChI=1S/C14H11F/c1-9-5-6-11-10(7-9)8-13-12(11)3-2-4-14(13)15/h2-7H,8H2,1H3. The Hall–Kier alpha value is -1.63. The van der Waals surface area contributed by atoms with E-state index in [1.165, 1.54) is 22.8 Å². The lowest BCUT2D eigenvalue weighted by molar-refractivity contribution is 0.616. The highest BCUT2D eigenvalue weighted by molar-refractivity contribution is 5.77. The lowest BCUT2D eigenvalue weighted by atomic mass is 10.0. The van der Waals surface area contributed by atoms with Gasteiger partial charge in [-0.15, -0.1) is 0 Å². The maximum absolute atomic E-state index is 13.6. The molecule has 2 aromatic carbocycles. The molecule has 0 aromatic heterocycles. The van der Waals surface area contributed by atoms with Crippen LogP contribution in [0.5, 0.6) is 0 Å². The molecule has 0 unspecified atom stereocenters. The first-order valence-corrected chi connectivity index (χ1v) is 5.13. The third kappa shape index (κ3) is 1.19. The normalized spacial score (nSPS) is 12.4. The van der Waals surface area contributed by atoms with Crippen LogP contribution in [0.2, 0.25) is 0 Å². The van der Waals surface area contributed by atoms with Crippen LogP contribution in [-0.4, -0.2) is 0 Å². The second kappa shape index (κ2) is 2.93. The van der Waals surface area contributed by atoms with Crippen molar-refractivity contribution in [3.8, 4) is 11.1 Å². The number of hydrogen-bond donors (Lipinski definition) is 0. The van der Waals surface area contributed by atoms with Crippen molar-refractivity contribution in [3.63, 3.8) is 0 Å². The molecule has 0 N–H and O–H groups in total. The van der Waals surface area contributed by atoms with Gasteiger partial charge in [0, 0.05) is 12.0 Å². The number of halogens is 1. The summed E-state index contributed by atoms with van der Waals surface area (Å²) >= 11 is 0. The van der Waals surface area contributed by atoms with Gasteiger partial charge < -0.3 is 0 Å². The highest BCUT2D eigenvalue weighted by Gasteiger charge is 2.20. The Morgan fingerprint density at radius 1 is 1.07 bits per heavy atom. The molecule has 0 heterocycles. The smallest absolute Gasteiger partial charge is 0.127 e. The summed E-state index contributed by atoms with van der Waals surface area (Å²) in [4.78, 5) is 0. The van der Waals surface area contributed by atoms with Crippen LogP contribution in [0, 0.1) is 12.7 Å². The zero-order valence-corrected chi connectivity index (χ0v) is 8.55. The Morgan fingerprint density at radius 3 is 2.80 bits per heavy atom. The first kappa shape index (κ1) is 8.66. The average molecular weight is 198 g/mol. The molecule has 0 radical (unpaired) electrons. The summed E-state index contributed by atoms with van der Waals surface area (Å²) in [6.45, 7) is 2.07. The molecular formula is C14H11F. The summed E-state index contributed by atoms with van der Waals surface area (Å²) in [6, 6.07) is 11.6. The molecule has 0 fully saturated rings. The second-order valence-electron chi connectivity index (χ2n) is 4.10. The third-order valence-corrected chi connectivity index (χ3v) is 3.04. The molecule has 1 aliphatic carbocycles. The highest BCUT2D eigenvalue weighted by Crippen LogP contribution is 2.37. The van der Waals surface area contributed by atoms with Gasteiger partial charge in [-0.05, 0) is 29.7 Å². The molecule has 3 rings (SSSR count). The van der Waals surface area contributed by atoms with E-state index < -0.39 is 0 Å². The predicted molar refractivity (Wildman–Crippen MR) is 59.4 cm³/mol. The van der Waals surface area contributed by atoms with Crippen molar-refractivity contribution in [2.24, 2.45) is 0 Å². The van der Waals surface area contributed by atoms with Crippen molar-refractivity contribution in [1.29, 1.82) is 0 Å². The fraction of sp³-hybridized carbons (Fsp3) is 0.143. The van der Waals surface area contributed by atoms with Gasteiger partial charge in [-0.2, -0.15) is 0 Å². The van der Waals surface area contributed by atoms with Crippen molar-refractivity contribution < 1.29 is 4.39 Å². The summed E-state index contributed by atoms with van der Waals surface area (Å²) in [5.41, 5.74) is 5.58. The summed E-state index contributed by atoms with van der Waals surface area (Å²) in [7, 11) is 0. The van der Waals surface area contributed by atoms with Gasteiger partial charge in [0.2, 0.25) is 0 Å². The van der Waals surface area contributed by atoms with Crippen LogP contribution in [0.15, 0.2) is 36.4 Å². The summed E-state index contributed by atoms with van der Waals surface area (Å²) in [6.07, 6.45) is 0.735.